The summed E-state index contributed by atoms with van der Waals surface area (Å²) in [6.07, 6.45) is 3.85. The molecule has 0 unspecified atom stereocenters. The molecular formula is C24H25Cl2N7. The second kappa shape index (κ2) is 9.55. The number of para-hydroxylation sites is 1. The minimum absolute atomic E-state index is 0.424. The molecule has 0 amide bonds. The standard InChI is InChI=1S/C24H25Cl2N7/c25-17-8-6-7-16(15-17)21-20-22(27)33(19-10-3-2-9-18(19)26)31-23(20)30-24(29-21)28-11-14-32-12-4-1-5-13-32/h2-3,6-10,15H,1,4-5,11-14,27H2,(H,28,30,31). The predicted octanol–water partition coefficient (Wildman–Crippen LogP) is 5.27. The van der Waals surface area contributed by atoms with Gasteiger partial charge in [0.2, 0.25) is 5.95 Å². The number of hydrogen-bond acceptors (Lipinski definition) is 6. The van der Waals surface area contributed by atoms with E-state index in [9.17, 15) is 0 Å². The first kappa shape index (κ1) is 21.9. The summed E-state index contributed by atoms with van der Waals surface area (Å²) in [4.78, 5) is 12.0. The number of nitrogen functional groups attached to an aromatic ring is 1. The van der Waals surface area contributed by atoms with Crippen LogP contribution in [0.5, 0.6) is 0 Å². The van der Waals surface area contributed by atoms with E-state index in [4.69, 9.17) is 33.9 Å². The van der Waals surface area contributed by atoms with Crippen LogP contribution < -0.4 is 11.1 Å². The number of aromatic nitrogens is 4. The van der Waals surface area contributed by atoms with Gasteiger partial charge in [-0.25, -0.2) is 9.67 Å². The second-order valence-electron chi connectivity index (χ2n) is 8.18. The molecule has 1 aliphatic heterocycles. The van der Waals surface area contributed by atoms with E-state index in [-0.39, 0.29) is 0 Å². The van der Waals surface area contributed by atoms with Crippen molar-refractivity contribution in [3.63, 3.8) is 0 Å². The smallest absolute Gasteiger partial charge is 0.225 e. The molecule has 3 N–H and O–H groups in total. The van der Waals surface area contributed by atoms with Crippen LogP contribution >= 0.6 is 23.2 Å². The third kappa shape index (κ3) is 4.62. The van der Waals surface area contributed by atoms with Gasteiger partial charge in [0.1, 0.15) is 5.82 Å². The molecule has 0 saturated carbocycles. The topological polar surface area (TPSA) is 84.9 Å². The number of rotatable bonds is 6. The minimum atomic E-state index is 0.424. The van der Waals surface area contributed by atoms with Crippen LogP contribution in [0.4, 0.5) is 11.8 Å². The first-order valence-corrected chi connectivity index (χ1v) is 11.9. The van der Waals surface area contributed by atoms with Crippen molar-refractivity contribution >= 4 is 46.0 Å². The lowest BCUT2D eigenvalue weighted by Crippen LogP contribution is -2.33. The molecule has 33 heavy (non-hydrogen) atoms. The zero-order valence-electron chi connectivity index (χ0n) is 18.1. The molecule has 170 valence electrons. The first-order valence-electron chi connectivity index (χ1n) is 11.1. The number of nitrogens with one attached hydrogen (secondary N) is 1. The SMILES string of the molecule is Nc1c2c(-c3cccc(Cl)c3)nc(NCCN3CCCCC3)nc2nn1-c1ccccc1Cl. The van der Waals surface area contributed by atoms with Crippen LogP contribution in [0.1, 0.15) is 19.3 Å². The van der Waals surface area contributed by atoms with Gasteiger partial charge in [-0.05, 0) is 50.2 Å². The molecule has 0 bridgehead atoms. The largest absolute Gasteiger partial charge is 0.383 e. The lowest BCUT2D eigenvalue weighted by molar-refractivity contribution is 0.237. The van der Waals surface area contributed by atoms with Gasteiger partial charge in [-0.15, -0.1) is 5.10 Å². The zero-order chi connectivity index (χ0) is 22.8. The number of halogens is 2. The Kier molecular flexibility index (Phi) is 6.35. The van der Waals surface area contributed by atoms with E-state index >= 15 is 0 Å². The van der Waals surface area contributed by atoms with Gasteiger partial charge >= 0.3 is 0 Å². The molecular weight excluding hydrogens is 457 g/mol. The average molecular weight is 482 g/mol. The van der Waals surface area contributed by atoms with Gasteiger partial charge in [0.15, 0.2) is 5.65 Å². The van der Waals surface area contributed by atoms with Crippen LogP contribution in [-0.4, -0.2) is 50.8 Å². The highest BCUT2D eigenvalue weighted by atomic mass is 35.5. The Morgan fingerprint density at radius 2 is 1.79 bits per heavy atom. The molecule has 0 spiro atoms. The third-order valence-electron chi connectivity index (χ3n) is 5.91. The van der Waals surface area contributed by atoms with E-state index in [0.29, 0.717) is 44.2 Å². The Hall–Kier alpha value is -2.87. The fourth-order valence-corrected chi connectivity index (χ4v) is 4.66. The molecule has 0 atom stereocenters. The van der Waals surface area contributed by atoms with Crippen molar-refractivity contribution < 1.29 is 0 Å². The Bertz CT molecular complexity index is 1280. The number of anilines is 2. The van der Waals surface area contributed by atoms with Gasteiger partial charge in [0.25, 0.3) is 0 Å². The minimum Gasteiger partial charge on any atom is -0.383 e. The highest BCUT2D eigenvalue weighted by Gasteiger charge is 2.20. The van der Waals surface area contributed by atoms with E-state index in [1.54, 1.807) is 10.7 Å². The number of piperidine rings is 1. The van der Waals surface area contributed by atoms with Crippen LogP contribution in [0.25, 0.3) is 28.0 Å². The van der Waals surface area contributed by atoms with Crippen molar-refractivity contribution in [1.82, 2.24) is 24.6 Å². The van der Waals surface area contributed by atoms with Gasteiger partial charge in [-0.3, -0.25) is 0 Å². The number of benzene rings is 2. The highest BCUT2D eigenvalue weighted by Crippen LogP contribution is 2.34. The molecule has 2 aromatic heterocycles. The van der Waals surface area contributed by atoms with E-state index in [0.717, 1.165) is 31.7 Å². The van der Waals surface area contributed by atoms with Crippen molar-refractivity contribution in [2.75, 3.05) is 37.2 Å². The van der Waals surface area contributed by atoms with E-state index in [2.05, 4.69) is 20.3 Å². The monoisotopic (exact) mass is 481 g/mol. The molecule has 2 aromatic carbocycles. The molecule has 0 aliphatic carbocycles. The lowest BCUT2D eigenvalue weighted by atomic mass is 10.1. The summed E-state index contributed by atoms with van der Waals surface area (Å²) in [5.41, 5.74) is 9.28. The highest BCUT2D eigenvalue weighted by molar-refractivity contribution is 6.32. The number of likely N-dealkylation sites (tertiary alicyclic amines) is 1. The fourth-order valence-electron chi connectivity index (χ4n) is 4.25. The van der Waals surface area contributed by atoms with Crippen molar-refractivity contribution in [1.29, 1.82) is 0 Å². The van der Waals surface area contributed by atoms with Gasteiger partial charge < -0.3 is 16.0 Å². The summed E-state index contributed by atoms with van der Waals surface area (Å²) >= 11 is 12.7. The molecule has 4 aromatic rings. The average Bonchev–Trinajstić information content (AvgIpc) is 3.16. The van der Waals surface area contributed by atoms with Gasteiger partial charge in [0.05, 0.1) is 21.8 Å². The van der Waals surface area contributed by atoms with Crippen LogP contribution in [-0.2, 0) is 0 Å². The summed E-state index contributed by atoms with van der Waals surface area (Å²) in [6.45, 7) is 3.99. The molecule has 1 saturated heterocycles. The molecule has 9 heteroatoms. The number of hydrogen-bond donors (Lipinski definition) is 2. The fraction of sp³-hybridized carbons (Fsp3) is 0.292. The van der Waals surface area contributed by atoms with E-state index in [1.807, 2.05) is 42.5 Å². The number of fused-ring (bicyclic) bond motifs is 1. The summed E-state index contributed by atoms with van der Waals surface area (Å²) in [5.74, 6) is 0.936. The first-order chi connectivity index (χ1) is 16.1. The van der Waals surface area contributed by atoms with Crippen molar-refractivity contribution in [3.8, 4) is 16.9 Å². The van der Waals surface area contributed by atoms with Gasteiger partial charge in [0, 0.05) is 23.7 Å². The molecule has 1 fully saturated rings. The number of nitrogens with two attached hydrogens (primary N) is 1. The molecule has 5 rings (SSSR count). The Labute approximate surface area is 202 Å². The molecule has 7 nitrogen and oxygen atoms in total. The maximum atomic E-state index is 6.57. The van der Waals surface area contributed by atoms with Crippen LogP contribution in [0, 0.1) is 0 Å². The van der Waals surface area contributed by atoms with Crippen LogP contribution in [0.15, 0.2) is 48.5 Å². The molecule has 0 radical (unpaired) electrons. The molecule has 3 heterocycles. The summed E-state index contributed by atoms with van der Waals surface area (Å²) in [5, 5.41) is 9.90. The quantitative estimate of drug-likeness (QED) is 0.390. The van der Waals surface area contributed by atoms with Crippen molar-refractivity contribution in [2.45, 2.75) is 19.3 Å². The number of nitrogens with zero attached hydrogens (tertiary/aromatic N) is 5. The molecule has 1 aliphatic rings. The second-order valence-corrected chi connectivity index (χ2v) is 9.03. The van der Waals surface area contributed by atoms with Gasteiger partial charge in [-0.2, -0.15) is 4.98 Å². The van der Waals surface area contributed by atoms with E-state index in [1.165, 1.54) is 19.3 Å². The van der Waals surface area contributed by atoms with Gasteiger partial charge in [-0.1, -0.05) is 53.9 Å². The zero-order valence-corrected chi connectivity index (χ0v) is 19.6. The van der Waals surface area contributed by atoms with Crippen LogP contribution in [0.2, 0.25) is 10.0 Å². The maximum Gasteiger partial charge on any atom is 0.225 e. The Morgan fingerprint density at radius 1 is 0.970 bits per heavy atom. The summed E-state index contributed by atoms with van der Waals surface area (Å²) < 4.78 is 1.62. The van der Waals surface area contributed by atoms with Crippen LogP contribution in [0.3, 0.4) is 0 Å². The third-order valence-corrected chi connectivity index (χ3v) is 6.46. The Balaban J connectivity index is 1.55. The maximum absolute atomic E-state index is 6.57. The normalized spacial score (nSPS) is 14.6. The predicted molar refractivity (Wildman–Crippen MR) is 135 cm³/mol. The van der Waals surface area contributed by atoms with Crippen molar-refractivity contribution in [3.05, 3.63) is 58.6 Å². The van der Waals surface area contributed by atoms with Crippen molar-refractivity contribution in [2.24, 2.45) is 0 Å². The summed E-state index contributed by atoms with van der Waals surface area (Å²) in [7, 11) is 0. The lowest BCUT2D eigenvalue weighted by Gasteiger charge is -2.26. The summed E-state index contributed by atoms with van der Waals surface area (Å²) in [6, 6.07) is 15.0. The van der Waals surface area contributed by atoms with E-state index < -0.39 is 0 Å². The Morgan fingerprint density at radius 3 is 2.58 bits per heavy atom.